The van der Waals surface area contributed by atoms with Crippen LogP contribution in [0.3, 0.4) is 0 Å². The summed E-state index contributed by atoms with van der Waals surface area (Å²) in [5.41, 5.74) is -1.97. The Kier molecular flexibility index (Phi) is 4.52. The highest BCUT2D eigenvalue weighted by Gasteiger charge is 2.42. The van der Waals surface area contributed by atoms with Crippen molar-refractivity contribution in [1.82, 2.24) is 4.98 Å². The zero-order valence-electron chi connectivity index (χ0n) is 8.16. The van der Waals surface area contributed by atoms with E-state index in [2.05, 4.69) is 41.6 Å². The fraction of sp³-hybridized carbons (Fsp3) is 0.375. The molecule has 0 aromatic carbocycles. The van der Waals surface area contributed by atoms with Gasteiger partial charge in [-0.3, -0.25) is 0 Å². The highest BCUT2D eigenvalue weighted by Crippen LogP contribution is 2.44. The Morgan fingerprint density at radius 1 is 1.17 bits per heavy atom. The van der Waals surface area contributed by atoms with E-state index in [4.69, 9.17) is 0 Å². The Balaban J connectivity index is 3.46. The van der Waals surface area contributed by atoms with E-state index in [1.807, 2.05) is 0 Å². The van der Waals surface area contributed by atoms with Gasteiger partial charge in [0, 0.05) is 11.5 Å². The minimum atomic E-state index is -5.24. The minimum Gasteiger partial charge on any atom is -0.402 e. The van der Waals surface area contributed by atoms with Crippen LogP contribution in [0.2, 0.25) is 0 Å². The lowest BCUT2D eigenvalue weighted by molar-refractivity contribution is -0.276. The lowest BCUT2D eigenvalue weighted by Gasteiger charge is -2.18. The minimum absolute atomic E-state index is 0.309. The third-order valence-electron chi connectivity index (χ3n) is 1.71. The third kappa shape index (κ3) is 3.74. The van der Waals surface area contributed by atoms with Crippen molar-refractivity contribution in [2.75, 3.05) is 0 Å². The van der Waals surface area contributed by atoms with Gasteiger partial charge in [0.05, 0.1) is 0 Å². The summed E-state index contributed by atoms with van der Waals surface area (Å²) in [5.74, 6) is -1.40. The van der Waals surface area contributed by atoms with Crippen LogP contribution in [0.25, 0.3) is 0 Å². The van der Waals surface area contributed by atoms with Crippen molar-refractivity contribution in [3.8, 4) is 5.75 Å². The number of hydrogen-bond acceptors (Lipinski definition) is 2. The molecule has 0 aliphatic heterocycles. The van der Waals surface area contributed by atoms with Crippen molar-refractivity contribution < 1.29 is 31.1 Å². The zero-order valence-corrected chi connectivity index (χ0v) is 11.3. The van der Waals surface area contributed by atoms with E-state index in [9.17, 15) is 26.3 Å². The summed E-state index contributed by atoms with van der Waals surface area (Å²) in [5, 5.41) is -0.309. The molecule has 2 nitrogen and oxygen atoms in total. The first-order valence-electron chi connectivity index (χ1n) is 4.12. The van der Waals surface area contributed by atoms with Crippen LogP contribution in [0.1, 0.15) is 11.1 Å². The molecule has 1 aromatic rings. The molecule has 18 heavy (non-hydrogen) atoms. The Hall–Kier alpha value is -0.510. The van der Waals surface area contributed by atoms with Gasteiger partial charge in [0.25, 0.3) is 0 Å². The predicted molar refractivity (Wildman–Crippen MR) is 56.3 cm³/mol. The van der Waals surface area contributed by atoms with Gasteiger partial charge in [0.1, 0.15) is 10.2 Å². The standard InChI is InChI=1S/C8H3Br2F6NO/c9-1-3-2-17-6(10)5(18-8(14,15)16)4(3)7(11,12)13/h2H,1H2. The molecule has 0 aliphatic rings. The normalized spacial score (nSPS) is 12.7. The topological polar surface area (TPSA) is 22.1 Å². The van der Waals surface area contributed by atoms with Crippen LogP contribution in [0.5, 0.6) is 5.75 Å². The summed E-state index contributed by atoms with van der Waals surface area (Å²) in [6.07, 6.45) is -9.42. The Bertz CT molecular complexity index is 444. The first kappa shape index (κ1) is 15.5. The summed E-state index contributed by atoms with van der Waals surface area (Å²) in [7, 11) is 0. The molecule has 102 valence electrons. The smallest absolute Gasteiger partial charge is 0.402 e. The number of rotatable bonds is 2. The van der Waals surface area contributed by atoms with Crippen molar-refractivity contribution in [1.29, 1.82) is 0 Å². The van der Waals surface area contributed by atoms with E-state index in [0.717, 1.165) is 6.20 Å². The number of hydrogen-bond donors (Lipinski definition) is 0. The molecule has 0 saturated heterocycles. The number of nitrogens with zero attached hydrogens (tertiary/aromatic N) is 1. The fourth-order valence-corrected chi connectivity index (χ4v) is 1.93. The molecule has 10 heteroatoms. The average molecular weight is 403 g/mol. The van der Waals surface area contributed by atoms with Gasteiger partial charge in [-0.1, -0.05) is 15.9 Å². The lowest BCUT2D eigenvalue weighted by atomic mass is 10.1. The maximum Gasteiger partial charge on any atom is 0.573 e. The number of ether oxygens (including phenoxy) is 1. The summed E-state index contributed by atoms with van der Waals surface area (Å²) in [6, 6.07) is 0. The molecule has 0 bridgehead atoms. The second-order valence-electron chi connectivity index (χ2n) is 2.96. The molecule has 1 heterocycles. The van der Waals surface area contributed by atoms with Crippen LogP contribution in [-0.4, -0.2) is 11.3 Å². The molecule has 1 rings (SSSR count). The van der Waals surface area contributed by atoms with Crippen LogP contribution in [-0.2, 0) is 11.5 Å². The second kappa shape index (κ2) is 5.24. The highest BCUT2D eigenvalue weighted by molar-refractivity contribution is 9.10. The molecule has 1 aromatic heterocycles. The van der Waals surface area contributed by atoms with Gasteiger partial charge in [-0.25, -0.2) is 4.98 Å². The van der Waals surface area contributed by atoms with E-state index >= 15 is 0 Å². The van der Waals surface area contributed by atoms with E-state index < -0.39 is 34.0 Å². The van der Waals surface area contributed by atoms with Gasteiger partial charge in [-0.15, -0.1) is 13.2 Å². The van der Waals surface area contributed by atoms with E-state index in [-0.39, 0.29) is 5.33 Å². The third-order valence-corrected chi connectivity index (χ3v) is 2.88. The van der Waals surface area contributed by atoms with E-state index in [0.29, 0.717) is 0 Å². The quantitative estimate of drug-likeness (QED) is 0.408. The molecule has 0 fully saturated rings. The Labute approximate surface area is 114 Å². The molecule has 0 aliphatic carbocycles. The molecule has 0 atom stereocenters. The number of pyridine rings is 1. The number of aromatic nitrogens is 1. The van der Waals surface area contributed by atoms with Gasteiger partial charge in [-0.2, -0.15) is 13.2 Å². The molecule has 0 radical (unpaired) electrons. The van der Waals surface area contributed by atoms with Crippen LogP contribution >= 0.6 is 31.9 Å². The molecule has 0 N–H and O–H groups in total. The summed E-state index contributed by atoms with van der Waals surface area (Å²) in [6.45, 7) is 0. The SMILES string of the molecule is FC(F)(F)Oc1c(Br)ncc(CBr)c1C(F)(F)F. The fourth-order valence-electron chi connectivity index (χ4n) is 1.13. The molecular weight excluding hydrogens is 400 g/mol. The second-order valence-corrected chi connectivity index (χ2v) is 4.27. The van der Waals surface area contributed by atoms with E-state index in [1.165, 1.54) is 0 Å². The van der Waals surface area contributed by atoms with Gasteiger partial charge in [0.2, 0.25) is 0 Å². The summed E-state index contributed by atoms with van der Waals surface area (Å²) < 4.78 is 77.1. The molecule has 0 unspecified atom stereocenters. The largest absolute Gasteiger partial charge is 0.573 e. The van der Waals surface area contributed by atoms with Crippen molar-refractivity contribution in [3.05, 3.63) is 21.9 Å². The maximum atomic E-state index is 12.7. The number of halogens is 8. The number of alkyl halides is 7. The van der Waals surface area contributed by atoms with Crippen molar-refractivity contribution in [2.24, 2.45) is 0 Å². The van der Waals surface area contributed by atoms with Gasteiger partial charge in [-0.05, 0) is 21.5 Å². The Morgan fingerprint density at radius 3 is 2.11 bits per heavy atom. The van der Waals surface area contributed by atoms with Gasteiger partial charge < -0.3 is 4.74 Å². The summed E-state index contributed by atoms with van der Waals surface area (Å²) in [4.78, 5) is 3.37. The maximum absolute atomic E-state index is 12.7. The average Bonchev–Trinajstić information content (AvgIpc) is 2.17. The van der Waals surface area contributed by atoms with Crippen molar-refractivity contribution >= 4 is 31.9 Å². The van der Waals surface area contributed by atoms with Crippen LogP contribution in [0.4, 0.5) is 26.3 Å². The highest BCUT2D eigenvalue weighted by atomic mass is 79.9. The van der Waals surface area contributed by atoms with E-state index in [1.54, 1.807) is 0 Å². The van der Waals surface area contributed by atoms with Crippen LogP contribution in [0, 0.1) is 0 Å². The van der Waals surface area contributed by atoms with Crippen molar-refractivity contribution in [3.63, 3.8) is 0 Å². The molecular formula is C8H3Br2F6NO. The molecule has 0 saturated carbocycles. The Morgan fingerprint density at radius 2 is 1.72 bits per heavy atom. The predicted octanol–water partition coefficient (Wildman–Crippen LogP) is 4.66. The van der Waals surface area contributed by atoms with Gasteiger partial charge in [0.15, 0.2) is 5.75 Å². The first-order chi connectivity index (χ1) is 8.06. The summed E-state index contributed by atoms with van der Waals surface area (Å²) >= 11 is 5.25. The van der Waals surface area contributed by atoms with Crippen LogP contribution in [0.15, 0.2) is 10.8 Å². The van der Waals surface area contributed by atoms with Gasteiger partial charge >= 0.3 is 12.5 Å². The monoisotopic (exact) mass is 401 g/mol. The van der Waals surface area contributed by atoms with Crippen LogP contribution < -0.4 is 4.74 Å². The van der Waals surface area contributed by atoms with Crippen molar-refractivity contribution in [2.45, 2.75) is 17.9 Å². The molecule has 0 amide bonds. The first-order valence-corrected chi connectivity index (χ1v) is 6.04. The zero-order chi connectivity index (χ0) is 14.1. The lowest BCUT2D eigenvalue weighted by Crippen LogP contribution is -2.22. The molecule has 0 spiro atoms.